The normalized spacial score (nSPS) is 10.1. The second-order valence-electron chi connectivity index (χ2n) is 4.12. The number of pyridine rings is 1. The Hall–Kier alpha value is -2.89. The summed E-state index contributed by atoms with van der Waals surface area (Å²) >= 11 is 0. The first kappa shape index (κ1) is 13.5. The summed E-state index contributed by atoms with van der Waals surface area (Å²) < 4.78 is 5.51. The number of primary amides is 1. The lowest BCUT2D eigenvalue weighted by Gasteiger charge is -2.09. The minimum Gasteiger partial charge on any atom is -0.477 e. The van der Waals surface area contributed by atoms with Crippen molar-refractivity contribution in [1.29, 1.82) is 0 Å². The summed E-state index contributed by atoms with van der Waals surface area (Å²) in [4.78, 5) is 26.1. The standard InChI is InChI=1S/C14H12N2O4/c1-8-5-12(11(7-16-8)14(18)19)20-10-4-2-3-9(6-10)13(15)17/h2-7H,1H3,(H2,15,17)(H,18,19). The average Bonchev–Trinajstić information content (AvgIpc) is 2.38. The van der Waals surface area contributed by atoms with Crippen LogP contribution in [0.3, 0.4) is 0 Å². The largest absolute Gasteiger partial charge is 0.477 e. The molecule has 0 aliphatic heterocycles. The van der Waals surface area contributed by atoms with Gasteiger partial charge in [0, 0.05) is 23.5 Å². The van der Waals surface area contributed by atoms with E-state index in [1.807, 2.05) is 0 Å². The topological polar surface area (TPSA) is 103 Å². The van der Waals surface area contributed by atoms with Crippen LogP contribution < -0.4 is 10.5 Å². The molecule has 0 fully saturated rings. The summed E-state index contributed by atoms with van der Waals surface area (Å²) in [5.74, 6) is -1.24. The highest BCUT2D eigenvalue weighted by atomic mass is 16.5. The van der Waals surface area contributed by atoms with Crippen LogP contribution in [0.4, 0.5) is 0 Å². The molecule has 0 unspecified atom stereocenters. The maximum atomic E-state index is 11.1. The van der Waals surface area contributed by atoms with Gasteiger partial charge in [0.05, 0.1) is 0 Å². The molecule has 20 heavy (non-hydrogen) atoms. The summed E-state index contributed by atoms with van der Waals surface area (Å²) in [6.07, 6.45) is 1.23. The van der Waals surface area contributed by atoms with E-state index in [1.54, 1.807) is 25.1 Å². The van der Waals surface area contributed by atoms with E-state index in [2.05, 4.69) is 4.98 Å². The Morgan fingerprint density at radius 1 is 1.30 bits per heavy atom. The van der Waals surface area contributed by atoms with Crippen LogP contribution >= 0.6 is 0 Å². The maximum absolute atomic E-state index is 11.1. The van der Waals surface area contributed by atoms with E-state index < -0.39 is 11.9 Å². The number of carbonyl (C=O) groups is 2. The van der Waals surface area contributed by atoms with Crippen LogP contribution in [0, 0.1) is 6.92 Å². The van der Waals surface area contributed by atoms with Crippen LogP contribution in [0.15, 0.2) is 36.5 Å². The smallest absolute Gasteiger partial charge is 0.341 e. The number of carboxylic acids is 1. The van der Waals surface area contributed by atoms with Crippen molar-refractivity contribution in [3.05, 3.63) is 53.3 Å². The Morgan fingerprint density at radius 2 is 2.05 bits per heavy atom. The molecule has 1 aromatic carbocycles. The average molecular weight is 272 g/mol. The first-order valence-electron chi connectivity index (χ1n) is 5.75. The van der Waals surface area contributed by atoms with Crippen LogP contribution in [-0.2, 0) is 0 Å². The molecule has 6 heteroatoms. The number of carbonyl (C=O) groups excluding carboxylic acids is 1. The van der Waals surface area contributed by atoms with Crippen molar-refractivity contribution >= 4 is 11.9 Å². The number of benzene rings is 1. The molecule has 3 N–H and O–H groups in total. The Labute approximate surface area is 114 Å². The number of nitrogens with two attached hydrogens (primary N) is 1. The van der Waals surface area contributed by atoms with Crippen molar-refractivity contribution in [3.8, 4) is 11.5 Å². The second kappa shape index (κ2) is 5.40. The summed E-state index contributed by atoms with van der Waals surface area (Å²) in [7, 11) is 0. The third-order valence-electron chi connectivity index (χ3n) is 2.58. The van der Waals surface area contributed by atoms with Crippen LogP contribution in [0.1, 0.15) is 26.4 Å². The predicted octanol–water partition coefficient (Wildman–Crippen LogP) is 1.98. The first-order chi connectivity index (χ1) is 9.47. The van der Waals surface area contributed by atoms with Gasteiger partial charge >= 0.3 is 5.97 Å². The molecule has 102 valence electrons. The van der Waals surface area contributed by atoms with E-state index in [9.17, 15) is 9.59 Å². The number of carboxylic acid groups (broad SMARTS) is 1. The third-order valence-corrected chi connectivity index (χ3v) is 2.58. The van der Waals surface area contributed by atoms with Gasteiger partial charge in [-0.2, -0.15) is 0 Å². The molecule has 1 amide bonds. The van der Waals surface area contributed by atoms with Gasteiger partial charge in [0.2, 0.25) is 5.91 Å². The van der Waals surface area contributed by atoms with E-state index in [1.165, 1.54) is 18.3 Å². The fourth-order valence-electron chi connectivity index (χ4n) is 1.62. The van der Waals surface area contributed by atoms with Crippen molar-refractivity contribution in [2.45, 2.75) is 6.92 Å². The Balaban J connectivity index is 2.39. The molecule has 0 bridgehead atoms. The molecule has 2 rings (SSSR count). The SMILES string of the molecule is Cc1cc(Oc2cccc(C(N)=O)c2)c(C(=O)O)cn1. The lowest BCUT2D eigenvalue weighted by molar-refractivity contribution is 0.0693. The van der Waals surface area contributed by atoms with Gasteiger partial charge in [-0.1, -0.05) is 6.07 Å². The number of aromatic carboxylic acids is 1. The molecule has 1 aromatic heterocycles. The molecule has 2 aromatic rings. The van der Waals surface area contributed by atoms with Gasteiger partial charge in [0.15, 0.2) is 0 Å². The van der Waals surface area contributed by atoms with E-state index in [0.717, 1.165) is 0 Å². The molecule has 0 aliphatic carbocycles. The number of nitrogens with zero attached hydrogens (tertiary/aromatic N) is 1. The summed E-state index contributed by atoms with van der Waals surface area (Å²) in [6.45, 7) is 1.72. The van der Waals surface area contributed by atoms with Crippen molar-refractivity contribution in [3.63, 3.8) is 0 Å². The molecule has 0 radical (unpaired) electrons. The van der Waals surface area contributed by atoms with Crippen molar-refractivity contribution < 1.29 is 19.4 Å². The summed E-state index contributed by atoms with van der Waals surface area (Å²) in [6, 6.07) is 7.72. The van der Waals surface area contributed by atoms with Crippen LogP contribution in [-0.4, -0.2) is 22.0 Å². The molecule has 0 saturated heterocycles. The Bertz CT molecular complexity index is 683. The lowest BCUT2D eigenvalue weighted by atomic mass is 10.2. The maximum Gasteiger partial charge on any atom is 0.341 e. The number of rotatable bonds is 4. The molecule has 6 nitrogen and oxygen atoms in total. The summed E-state index contributed by atoms with van der Waals surface area (Å²) in [5, 5.41) is 9.08. The van der Waals surface area contributed by atoms with Gasteiger partial charge in [-0.3, -0.25) is 9.78 Å². The number of aromatic nitrogens is 1. The zero-order chi connectivity index (χ0) is 14.7. The fraction of sp³-hybridized carbons (Fsp3) is 0.0714. The predicted molar refractivity (Wildman–Crippen MR) is 71.0 cm³/mol. The molecule has 0 saturated carbocycles. The molecule has 0 spiro atoms. The van der Waals surface area contributed by atoms with Crippen LogP contribution in [0.5, 0.6) is 11.5 Å². The van der Waals surface area contributed by atoms with Crippen molar-refractivity contribution in [2.75, 3.05) is 0 Å². The van der Waals surface area contributed by atoms with Gasteiger partial charge in [-0.25, -0.2) is 4.79 Å². The number of hydrogen-bond donors (Lipinski definition) is 2. The zero-order valence-electron chi connectivity index (χ0n) is 10.7. The highest BCUT2D eigenvalue weighted by molar-refractivity contribution is 5.93. The van der Waals surface area contributed by atoms with Crippen molar-refractivity contribution in [2.24, 2.45) is 5.73 Å². The number of hydrogen-bond acceptors (Lipinski definition) is 4. The third kappa shape index (κ3) is 2.92. The molecule has 0 atom stereocenters. The molecular formula is C14H12N2O4. The second-order valence-corrected chi connectivity index (χ2v) is 4.12. The number of aryl methyl sites for hydroxylation is 1. The molecule has 0 aliphatic rings. The van der Waals surface area contributed by atoms with Gasteiger partial charge in [0.1, 0.15) is 17.1 Å². The first-order valence-corrected chi connectivity index (χ1v) is 5.75. The van der Waals surface area contributed by atoms with Crippen LogP contribution in [0.2, 0.25) is 0 Å². The van der Waals surface area contributed by atoms with E-state index in [0.29, 0.717) is 11.4 Å². The number of amides is 1. The van der Waals surface area contributed by atoms with Crippen LogP contribution in [0.25, 0.3) is 0 Å². The minimum atomic E-state index is -1.14. The van der Waals surface area contributed by atoms with Crippen molar-refractivity contribution in [1.82, 2.24) is 4.98 Å². The van der Waals surface area contributed by atoms with E-state index >= 15 is 0 Å². The van der Waals surface area contributed by atoms with E-state index in [-0.39, 0.29) is 16.9 Å². The quantitative estimate of drug-likeness (QED) is 0.885. The fourth-order valence-corrected chi connectivity index (χ4v) is 1.62. The van der Waals surface area contributed by atoms with Gasteiger partial charge in [-0.15, -0.1) is 0 Å². The van der Waals surface area contributed by atoms with Gasteiger partial charge < -0.3 is 15.6 Å². The monoisotopic (exact) mass is 272 g/mol. The minimum absolute atomic E-state index is 0.0555. The lowest BCUT2D eigenvalue weighted by Crippen LogP contribution is -2.10. The zero-order valence-corrected chi connectivity index (χ0v) is 10.7. The molecule has 1 heterocycles. The Morgan fingerprint density at radius 3 is 2.70 bits per heavy atom. The summed E-state index contributed by atoms with van der Waals surface area (Å²) in [5.41, 5.74) is 6.03. The molecular weight excluding hydrogens is 260 g/mol. The highest BCUT2D eigenvalue weighted by Gasteiger charge is 2.13. The number of ether oxygens (including phenoxy) is 1. The highest BCUT2D eigenvalue weighted by Crippen LogP contribution is 2.26. The van der Waals surface area contributed by atoms with E-state index in [4.69, 9.17) is 15.6 Å². The van der Waals surface area contributed by atoms with Gasteiger partial charge in [-0.05, 0) is 25.1 Å². The van der Waals surface area contributed by atoms with Gasteiger partial charge in [0.25, 0.3) is 0 Å². The Kier molecular flexibility index (Phi) is 3.65.